The Kier molecular flexibility index (Phi) is 13.2. The van der Waals surface area contributed by atoms with Gasteiger partial charge in [0.15, 0.2) is 0 Å². The number of pyridine rings is 1. The number of benzene rings is 10. The van der Waals surface area contributed by atoms with E-state index < -0.39 is 0 Å². The Morgan fingerprint density at radius 2 is 0.827 bits per heavy atom. The van der Waals surface area contributed by atoms with E-state index in [-0.39, 0.29) is 10.8 Å². The molecule has 0 radical (unpaired) electrons. The van der Waals surface area contributed by atoms with Gasteiger partial charge in [0.25, 0.3) is 0 Å². The first kappa shape index (κ1) is 51.4. The number of hydrogen-bond donors (Lipinski definition) is 0. The van der Waals surface area contributed by atoms with Gasteiger partial charge in [0.1, 0.15) is 0 Å². The molecule has 6 nitrogen and oxygen atoms in total. The third-order valence-electron chi connectivity index (χ3n) is 15.5. The quantitative estimate of drug-likeness (QED) is 0.152. The molecule has 0 spiro atoms. The number of imidazole rings is 1. The van der Waals surface area contributed by atoms with Crippen molar-refractivity contribution in [3.63, 3.8) is 0 Å². The maximum atomic E-state index is 7.18. The summed E-state index contributed by atoms with van der Waals surface area (Å²) in [5, 5.41) is 0. The summed E-state index contributed by atoms with van der Waals surface area (Å²) in [6.07, 6.45) is 1.95. The van der Waals surface area contributed by atoms with E-state index in [4.69, 9.17) is 9.72 Å². The van der Waals surface area contributed by atoms with Gasteiger partial charge in [-0.2, -0.15) is 0 Å². The molecule has 1 aliphatic heterocycles. The van der Waals surface area contributed by atoms with Gasteiger partial charge in [-0.1, -0.05) is 102 Å². The van der Waals surface area contributed by atoms with Crippen LogP contribution in [0.25, 0.3) is 66.9 Å². The Morgan fingerprint density at radius 3 is 1.43 bits per heavy atom. The van der Waals surface area contributed by atoms with Crippen LogP contribution in [-0.4, -0.2) is 14.1 Å². The second-order valence-corrected chi connectivity index (χ2v) is 23.8. The van der Waals surface area contributed by atoms with Crippen LogP contribution in [0.4, 0.5) is 34.3 Å². The molecule has 3 heterocycles. The summed E-state index contributed by atoms with van der Waals surface area (Å²) in [6, 6.07) is 91.6. The van der Waals surface area contributed by atoms with Crippen LogP contribution >= 0.6 is 0 Å². The SMILES string of the molecule is CC(C)(C)c1cccc(N2c3ccccc3-c3ccccc3N(c3cc(C(C)(C)C)ccn3)c3cc(Oc4cccc(-n5[c](=[Pt])n(-c6c(-c7ccccc7)cccc6-c6ccccc6)c6ccccc65)c4)ccc3-c3ccccc32)c1. The van der Waals surface area contributed by atoms with E-state index in [0.717, 1.165) is 105 Å². The minimum atomic E-state index is -0.133. The monoisotopic (exact) mass is 1230 g/mol. The summed E-state index contributed by atoms with van der Waals surface area (Å²) in [5.74, 6) is 2.21. The smallest absolute Gasteiger partial charge is 0.0615 e. The number of nitrogens with zero attached hydrogens (tertiary/aromatic N) is 5. The van der Waals surface area contributed by atoms with Gasteiger partial charge in [0.05, 0.1) is 5.69 Å². The molecular weight excluding hydrogens is 1170 g/mol. The molecule has 0 aliphatic carbocycles. The van der Waals surface area contributed by atoms with Crippen molar-refractivity contribution in [2.24, 2.45) is 0 Å². The van der Waals surface area contributed by atoms with Crippen molar-refractivity contribution in [1.29, 1.82) is 0 Å². The molecule has 1 aliphatic rings. The molecule has 0 saturated heterocycles. The van der Waals surface area contributed by atoms with Gasteiger partial charge >= 0.3 is 306 Å². The zero-order valence-corrected chi connectivity index (χ0v) is 48.6. The average molecular weight is 1230 g/mol. The molecule has 0 unspecified atom stereocenters. The molecule has 12 aromatic rings. The molecule has 7 heteroatoms. The van der Waals surface area contributed by atoms with Crippen LogP contribution in [0, 0.1) is 3.80 Å². The van der Waals surface area contributed by atoms with Gasteiger partial charge in [0, 0.05) is 17.4 Å². The predicted molar refractivity (Wildman–Crippen MR) is 332 cm³/mol. The summed E-state index contributed by atoms with van der Waals surface area (Å²) in [5.41, 5.74) is 20.6. The topological polar surface area (TPSA) is 38.5 Å². The van der Waals surface area contributed by atoms with E-state index in [2.05, 4.69) is 335 Å². The first-order valence-electron chi connectivity index (χ1n) is 27.7. The minimum Gasteiger partial charge on any atom is -0.0615 e. The summed E-state index contributed by atoms with van der Waals surface area (Å²) >= 11 is 2.52. The van der Waals surface area contributed by atoms with Crippen LogP contribution in [0.1, 0.15) is 52.7 Å². The third kappa shape index (κ3) is 9.54. The summed E-state index contributed by atoms with van der Waals surface area (Å²) in [4.78, 5) is 10.0. The normalized spacial score (nSPS) is 12.3. The number of rotatable bonds is 8. The van der Waals surface area contributed by atoms with Crippen molar-refractivity contribution >= 4 is 45.3 Å². The minimum absolute atomic E-state index is 0.0617. The molecule has 2 aromatic heterocycles. The Balaban J connectivity index is 1.00. The van der Waals surface area contributed by atoms with Crippen LogP contribution < -0.4 is 14.5 Å². The fourth-order valence-electron chi connectivity index (χ4n) is 11.5. The van der Waals surface area contributed by atoms with Crippen molar-refractivity contribution in [1.82, 2.24) is 14.1 Å². The van der Waals surface area contributed by atoms with Crippen molar-refractivity contribution in [3.05, 3.63) is 276 Å². The molecule has 0 saturated carbocycles. The van der Waals surface area contributed by atoms with Crippen LogP contribution in [0.3, 0.4) is 0 Å². The number of para-hydroxylation sites is 6. The zero-order chi connectivity index (χ0) is 55.4. The second kappa shape index (κ2) is 20.9. The van der Waals surface area contributed by atoms with E-state index in [0.29, 0.717) is 11.5 Å². The summed E-state index contributed by atoms with van der Waals surface area (Å²) < 4.78 is 13.0. The number of fused-ring (bicyclic) bond motifs is 7. The number of ether oxygens (including phenoxy) is 1. The zero-order valence-electron chi connectivity index (χ0n) is 46.3. The van der Waals surface area contributed by atoms with Crippen LogP contribution in [0.5, 0.6) is 11.5 Å². The molecule has 398 valence electrons. The molecular formula is C74H61N5OPt. The van der Waals surface area contributed by atoms with Crippen molar-refractivity contribution < 1.29 is 24.1 Å². The third-order valence-corrected chi connectivity index (χ3v) is 16.5. The molecule has 0 atom stereocenters. The van der Waals surface area contributed by atoms with Gasteiger partial charge in [-0.05, 0) is 52.3 Å². The molecule has 0 fully saturated rings. The van der Waals surface area contributed by atoms with Gasteiger partial charge in [0.2, 0.25) is 0 Å². The Labute approximate surface area is 485 Å². The summed E-state index contributed by atoms with van der Waals surface area (Å²) in [6.45, 7) is 13.6. The van der Waals surface area contributed by atoms with Crippen molar-refractivity contribution in [2.45, 2.75) is 52.4 Å². The number of aromatic nitrogens is 3. The van der Waals surface area contributed by atoms with Crippen LogP contribution in [0.2, 0.25) is 0 Å². The Bertz CT molecular complexity index is 4330. The molecule has 10 aromatic carbocycles. The first-order valence-corrected chi connectivity index (χ1v) is 28.8. The first-order chi connectivity index (χ1) is 39.4. The molecule has 0 N–H and O–H groups in total. The van der Waals surface area contributed by atoms with Crippen molar-refractivity contribution in [2.75, 3.05) is 9.80 Å². The van der Waals surface area contributed by atoms with Crippen LogP contribution in [0.15, 0.2) is 261 Å². The van der Waals surface area contributed by atoms with E-state index in [9.17, 15) is 0 Å². The van der Waals surface area contributed by atoms with Crippen LogP contribution in [-0.2, 0) is 30.2 Å². The molecule has 0 bridgehead atoms. The fraction of sp³-hybridized carbons (Fsp3) is 0.108. The molecule has 0 amide bonds. The fourth-order valence-corrected chi connectivity index (χ4v) is 12.6. The van der Waals surface area contributed by atoms with Gasteiger partial charge in [-0.15, -0.1) is 0 Å². The van der Waals surface area contributed by atoms with Gasteiger partial charge in [-0.3, -0.25) is 0 Å². The van der Waals surface area contributed by atoms with Gasteiger partial charge < -0.3 is 4.90 Å². The molecule has 13 rings (SSSR count). The van der Waals surface area contributed by atoms with E-state index >= 15 is 0 Å². The molecule has 81 heavy (non-hydrogen) atoms. The maximum absolute atomic E-state index is 7.18. The average Bonchev–Trinajstić information content (AvgIpc) is 4.03. The standard InChI is InChI=1S/C74H61N5O.Pt/c1-73(2,3)53-28-21-30-56(46-53)78-65-37-16-13-32-61(65)62-33-15-18-39-67(62)79(71-47-54(44-45-75-71)74(4,5)6)70-49-58(42-43-64(70)63-34-14-17-38-66(63)78)80-57-31-22-29-55(48-57)76-50-77(69-41-20-19-40-68(69)76)72-59(51-24-9-7-10-25-51)35-23-36-60(72)52-26-11-8-12-27-52;/h7-49H,1-6H3;. The van der Waals surface area contributed by atoms with Crippen molar-refractivity contribution in [3.8, 4) is 67.4 Å². The summed E-state index contributed by atoms with van der Waals surface area (Å²) in [7, 11) is 0. The van der Waals surface area contributed by atoms with E-state index in [1.54, 1.807) is 0 Å². The Morgan fingerprint density at radius 1 is 0.358 bits per heavy atom. The Hall–Kier alpha value is -9.09. The predicted octanol–water partition coefficient (Wildman–Crippen LogP) is 20.2. The van der Waals surface area contributed by atoms with E-state index in [1.165, 1.54) is 11.1 Å². The number of anilines is 6. The van der Waals surface area contributed by atoms with Gasteiger partial charge in [-0.25, -0.2) is 0 Å². The second-order valence-electron chi connectivity index (χ2n) is 22.8. The number of hydrogen-bond acceptors (Lipinski definition) is 4. The van der Waals surface area contributed by atoms with E-state index in [1.807, 2.05) is 6.20 Å².